The second kappa shape index (κ2) is 11.6. The number of rotatable bonds is 9. The van der Waals surface area contributed by atoms with Gasteiger partial charge in [0.1, 0.15) is 18.5 Å². The minimum atomic E-state index is -3.96. The molecular formula is C33H36N2O4S2. The summed E-state index contributed by atoms with van der Waals surface area (Å²) < 4.78 is 39.9. The van der Waals surface area contributed by atoms with Crippen LogP contribution in [0.5, 0.6) is 5.75 Å². The standard InChI is InChI=1S/C33H36N2O4S2/c1-22-21-40-33-13-12-25(18-29(22)33)26-14-15-35(24(3)17-26)19-27(39-41(36,37)28-8-5-4-6-9-28)20-38-32-11-7-10-31-30(32)16-23(2)34-31/h4-13,16,18,21,24,26-27,34H,14-15,17,19-20H2,1-3H3/t24-,26+,27-/m0/s1. The van der Waals surface area contributed by atoms with Gasteiger partial charge in [0.15, 0.2) is 0 Å². The van der Waals surface area contributed by atoms with Crippen LogP contribution in [0, 0.1) is 13.8 Å². The molecular weight excluding hydrogens is 553 g/mol. The lowest BCUT2D eigenvalue weighted by Gasteiger charge is -2.39. The molecule has 3 heterocycles. The number of ether oxygens (including phenoxy) is 1. The topological polar surface area (TPSA) is 71.6 Å². The number of hydrogen-bond donors (Lipinski definition) is 1. The van der Waals surface area contributed by atoms with E-state index in [4.69, 9.17) is 8.92 Å². The van der Waals surface area contributed by atoms with Gasteiger partial charge >= 0.3 is 0 Å². The predicted octanol–water partition coefficient (Wildman–Crippen LogP) is 7.42. The van der Waals surface area contributed by atoms with Gasteiger partial charge < -0.3 is 9.72 Å². The number of aryl methyl sites for hydroxylation is 2. The maximum absolute atomic E-state index is 13.2. The van der Waals surface area contributed by atoms with E-state index in [0.29, 0.717) is 18.2 Å². The third-order valence-electron chi connectivity index (χ3n) is 8.19. The molecule has 0 saturated carbocycles. The molecule has 41 heavy (non-hydrogen) atoms. The highest BCUT2D eigenvalue weighted by Gasteiger charge is 2.31. The Morgan fingerprint density at radius 1 is 1.02 bits per heavy atom. The second-order valence-corrected chi connectivity index (χ2v) is 13.7. The summed E-state index contributed by atoms with van der Waals surface area (Å²) >= 11 is 1.80. The van der Waals surface area contributed by atoms with Crippen LogP contribution in [0.4, 0.5) is 0 Å². The molecule has 2 aromatic heterocycles. The van der Waals surface area contributed by atoms with Crippen molar-refractivity contribution >= 4 is 42.4 Å². The highest BCUT2D eigenvalue weighted by molar-refractivity contribution is 7.86. The highest BCUT2D eigenvalue weighted by Crippen LogP contribution is 2.35. The largest absolute Gasteiger partial charge is 0.490 e. The third kappa shape index (κ3) is 6.06. The molecule has 1 aliphatic rings. The number of piperidine rings is 1. The first-order valence-corrected chi connectivity index (χ1v) is 16.5. The molecule has 0 bridgehead atoms. The summed E-state index contributed by atoms with van der Waals surface area (Å²) in [5, 5.41) is 4.55. The van der Waals surface area contributed by atoms with Gasteiger partial charge in [-0.1, -0.05) is 30.3 Å². The van der Waals surface area contributed by atoms with E-state index in [0.717, 1.165) is 36.0 Å². The first-order chi connectivity index (χ1) is 19.8. The molecule has 5 aromatic rings. The minimum absolute atomic E-state index is 0.121. The molecule has 3 atom stereocenters. The van der Waals surface area contributed by atoms with Crippen LogP contribution in [0.1, 0.15) is 42.5 Å². The van der Waals surface area contributed by atoms with E-state index < -0.39 is 16.2 Å². The Bertz CT molecular complexity index is 1760. The lowest BCUT2D eigenvalue weighted by molar-refractivity contribution is 0.0577. The Labute approximate surface area is 246 Å². The van der Waals surface area contributed by atoms with Crippen LogP contribution in [0.2, 0.25) is 0 Å². The van der Waals surface area contributed by atoms with E-state index in [-0.39, 0.29) is 17.5 Å². The average molecular weight is 589 g/mol. The SMILES string of the molecule is Cc1cc2c(OC[C@H](CN3CC[C@@H](c4ccc5scc(C)c5c4)C[C@@H]3C)OS(=O)(=O)c3ccccc3)cccc2[nH]1. The summed E-state index contributed by atoms with van der Waals surface area (Å²) in [5.74, 6) is 1.19. The molecule has 1 fully saturated rings. The van der Waals surface area contributed by atoms with Gasteiger partial charge in [-0.3, -0.25) is 9.08 Å². The van der Waals surface area contributed by atoms with Gasteiger partial charge in [0, 0.05) is 33.9 Å². The smallest absolute Gasteiger partial charge is 0.297 e. The van der Waals surface area contributed by atoms with Crippen LogP contribution >= 0.6 is 11.3 Å². The van der Waals surface area contributed by atoms with Crippen LogP contribution in [0.25, 0.3) is 21.0 Å². The van der Waals surface area contributed by atoms with Gasteiger partial charge in [0.25, 0.3) is 10.1 Å². The number of hydrogen-bond acceptors (Lipinski definition) is 6. The Morgan fingerprint density at radius 3 is 2.66 bits per heavy atom. The van der Waals surface area contributed by atoms with Crippen molar-refractivity contribution in [2.75, 3.05) is 19.7 Å². The van der Waals surface area contributed by atoms with Crippen LogP contribution in [-0.2, 0) is 14.3 Å². The number of nitrogens with zero attached hydrogens (tertiary/aromatic N) is 1. The third-order valence-corrected chi connectivity index (χ3v) is 10.6. The number of H-pyrrole nitrogens is 1. The maximum atomic E-state index is 13.2. The van der Waals surface area contributed by atoms with E-state index in [9.17, 15) is 8.42 Å². The van der Waals surface area contributed by atoms with E-state index in [1.807, 2.05) is 31.2 Å². The molecule has 214 valence electrons. The zero-order valence-electron chi connectivity index (χ0n) is 23.7. The lowest BCUT2D eigenvalue weighted by atomic mass is 9.85. The average Bonchev–Trinajstić information content (AvgIpc) is 3.54. The van der Waals surface area contributed by atoms with Gasteiger partial charge in [-0.15, -0.1) is 11.3 Å². The second-order valence-electron chi connectivity index (χ2n) is 11.2. The summed E-state index contributed by atoms with van der Waals surface area (Å²) in [7, 11) is -3.96. The molecule has 8 heteroatoms. The van der Waals surface area contributed by atoms with Crippen molar-refractivity contribution in [1.29, 1.82) is 0 Å². The van der Waals surface area contributed by atoms with Gasteiger partial charge in [-0.25, -0.2) is 0 Å². The van der Waals surface area contributed by atoms with Crippen LogP contribution in [-0.4, -0.2) is 50.1 Å². The van der Waals surface area contributed by atoms with E-state index in [2.05, 4.69) is 47.3 Å². The number of likely N-dealkylation sites (tertiary alicyclic amines) is 1. The van der Waals surface area contributed by atoms with Crippen molar-refractivity contribution in [3.05, 3.63) is 95.0 Å². The number of aromatic nitrogens is 1. The Morgan fingerprint density at radius 2 is 1.85 bits per heavy atom. The Hall–Kier alpha value is -3.17. The molecule has 6 rings (SSSR count). The van der Waals surface area contributed by atoms with E-state index >= 15 is 0 Å². The highest BCUT2D eigenvalue weighted by atomic mass is 32.2. The van der Waals surface area contributed by atoms with Crippen LogP contribution < -0.4 is 4.74 Å². The molecule has 0 aliphatic carbocycles. The fourth-order valence-electron chi connectivity index (χ4n) is 5.99. The fourth-order valence-corrected chi connectivity index (χ4v) is 7.99. The molecule has 0 spiro atoms. The molecule has 0 amide bonds. The number of thiophene rings is 1. The normalized spacial score (nSPS) is 19.1. The van der Waals surface area contributed by atoms with Crippen molar-refractivity contribution in [3.63, 3.8) is 0 Å². The number of fused-ring (bicyclic) bond motifs is 2. The predicted molar refractivity (Wildman–Crippen MR) is 167 cm³/mol. The number of nitrogens with one attached hydrogen (secondary N) is 1. The van der Waals surface area contributed by atoms with E-state index in [1.54, 1.807) is 41.7 Å². The summed E-state index contributed by atoms with van der Waals surface area (Å²) in [5.41, 5.74) is 4.76. The van der Waals surface area contributed by atoms with Crippen molar-refractivity contribution in [2.45, 2.75) is 56.6 Å². The lowest BCUT2D eigenvalue weighted by Crippen LogP contribution is -2.46. The summed E-state index contributed by atoms with van der Waals surface area (Å²) in [4.78, 5) is 5.83. The van der Waals surface area contributed by atoms with E-state index in [1.165, 1.54) is 21.2 Å². The maximum Gasteiger partial charge on any atom is 0.297 e. The van der Waals surface area contributed by atoms with Gasteiger partial charge in [-0.2, -0.15) is 8.42 Å². The Kier molecular flexibility index (Phi) is 7.92. The van der Waals surface area contributed by atoms with Gasteiger partial charge in [0.2, 0.25) is 0 Å². The van der Waals surface area contributed by atoms with Crippen molar-refractivity contribution < 1.29 is 17.3 Å². The first-order valence-electron chi connectivity index (χ1n) is 14.2. The zero-order valence-corrected chi connectivity index (χ0v) is 25.3. The molecule has 0 radical (unpaired) electrons. The molecule has 1 N–H and O–H groups in total. The minimum Gasteiger partial charge on any atom is -0.490 e. The molecule has 6 nitrogen and oxygen atoms in total. The monoisotopic (exact) mass is 588 g/mol. The summed E-state index contributed by atoms with van der Waals surface area (Å²) in [6.45, 7) is 7.86. The fraction of sp³-hybridized carbons (Fsp3) is 0.333. The van der Waals surface area contributed by atoms with Crippen molar-refractivity contribution in [3.8, 4) is 5.75 Å². The van der Waals surface area contributed by atoms with Crippen LogP contribution in [0.3, 0.4) is 0 Å². The number of benzene rings is 3. The molecule has 0 unspecified atom stereocenters. The first kappa shape index (κ1) is 28.0. The number of aromatic amines is 1. The zero-order chi connectivity index (χ0) is 28.6. The summed E-state index contributed by atoms with van der Waals surface area (Å²) in [6, 6.07) is 23.4. The molecule has 3 aromatic carbocycles. The van der Waals surface area contributed by atoms with Gasteiger partial charge in [0.05, 0.1) is 4.90 Å². The summed E-state index contributed by atoms with van der Waals surface area (Å²) in [6.07, 6.45) is 1.36. The van der Waals surface area contributed by atoms with Crippen molar-refractivity contribution in [1.82, 2.24) is 9.88 Å². The molecule has 1 aliphatic heterocycles. The van der Waals surface area contributed by atoms with Crippen LogP contribution in [0.15, 0.2) is 83.1 Å². The molecule has 1 saturated heterocycles. The quantitative estimate of drug-likeness (QED) is 0.182. The van der Waals surface area contributed by atoms with Crippen molar-refractivity contribution in [2.24, 2.45) is 0 Å². The Balaban J connectivity index is 1.19. The van der Waals surface area contributed by atoms with Gasteiger partial charge in [-0.05, 0) is 110 Å².